The minimum Gasteiger partial charge on any atom is -0.494 e. The summed E-state index contributed by atoms with van der Waals surface area (Å²) in [6.07, 6.45) is 15.2. The third kappa shape index (κ3) is 8.85. The fourth-order valence-electron chi connectivity index (χ4n) is 3.73. The molecule has 3 nitrogen and oxygen atoms in total. The van der Waals surface area contributed by atoms with Crippen molar-refractivity contribution < 1.29 is 14.2 Å². The van der Waals surface area contributed by atoms with Gasteiger partial charge in [0.05, 0.1) is 20.3 Å². The van der Waals surface area contributed by atoms with Gasteiger partial charge < -0.3 is 14.2 Å². The number of benzene rings is 2. The molecular weight excluding hydrogens is 372 g/mol. The monoisotopic (exact) mass is 414 g/mol. The zero-order chi connectivity index (χ0) is 21.4. The van der Waals surface area contributed by atoms with Gasteiger partial charge in [0, 0.05) is 0 Å². The lowest BCUT2D eigenvalue weighted by Crippen LogP contribution is -2.00. The van der Waals surface area contributed by atoms with Crippen LogP contribution < -0.4 is 14.2 Å². The standard InChI is InChI=1S/C27H42O3/c1-4-6-8-10-12-14-18-29-25-17-16-23-21-27(26(28-3)22-24(23)20-25)30-19-15-13-11-9-7-5-2/h16-17,20-22H,4-15,18-19H2,1-3H3. The van der Waals surface area contributed by atoms with Gasteiger partial charge in [0.2, 0.25) is 0 Å². The number of ether oxygens (including phenoxy) is 3. The number of hydrogen-bond donors (Lipinski definition) is 0. The van der Waals surface area contributed by atoms with Crippen LogP contribution in [0.1, 0.15) is 90.9 Å². The molecule has 0 unspecified atom stereocenters. The molecule has 0 atom stereocenters. The van der Waals surface area contributed by atoms with E-state index in [4.69, 9.17) is 14.2 Å². The van der Waals surface area contributed by atoms with Gasteiger partial charge in [-0.1, -0.05) is 84.1 Å². The van der Waals surface area contributed by atoms with Crippen LogP contribution in [0.2, 0.25) is 0 Å². The molecular formula is C27H42O3. The zero-order valence-corrected chi connectivity index (χ0v) is 19.5. The quantitative estimate of drug-likeness (QED) is 0.243. The van der Waals surface area contributed by atoms with Gasteiger partial charge in [-0.3, -0.25) is 0 Å². The summed E-state index contributed by atoms with van der Waals surface area (Å²) >= 11 is 0. The summed E-state index contributed by atoms with van der Waals surface area (Å²) < 4.78 is 17.6. The Bertz CT molecular complexity index is 711. The molecule has 30 heavy (non-hydrogen) atoms. The van der Waals surface area contributed by atoms with Crippen LogP contribution in [0.25, 0.3) is 10.8 Å². The maximum absolute atomic E-state index is 6.04. The Labute approximate surface area is 184 Å². The predicted molar refractivity (Wildman–Crippen MR) is 128 cm³/mol. The van der Waals surface area contributed by atoms with Crippen molar-refractivity contribution in [2.45, 2.75) is 90.9 Å². The molecule has 0 spiro atoms. The molecule has 2 rings (SSSR count). The average Bonchev–Trinajstić information content (AvgIpc) is 2.77. The van der Waals surface area contributed by atoms with Gasteiger partial charge in [0.1, 0.15) is 5.75 Å². The van der Waals surface area contributed by atoms with E-state index < -0.39 is 0 Å². The van der Waals surface area contributed by atoms with Crippen molar-refractivity contribution in [1.29, 1.82) is 0 Å². The van der Waals surface area contributed by atoms with E-state index in [1.54, 1.807) is 7.11 Å². The van der Waals surface area contributed by atoms with E-state index in [0.717, 1.165) is 54.1 Å². The first kappa shape index (κ1) is 24.4. The third-order valence-corrected chi connectivity index (χ3v) is 5.62. The van der Waals surface area contributed by atoms with E-state index in [1.165, 1.54) is 64.2 Å². The van der Waals surface area contributed by atoms with Gasteiger partial charge in [0.15, 0.2) is 11.5 Å². The van der Waals surface area contributed by atoms with Crippen LogP contribution in [-0.4, -0.2) is 20.3 Å². The largest absolute Gasteiger partial charge is 0.494 e. The number of rotatable bonds is 17. The van der Waals surface area contributed by atoms with Crippen LogP contribution in [0.15, 0.2) is 30.3 Å². The lowest BCUT2D eigenvalue weighted by molar-refractivity contribution is 0.285. The first-order valence-corrected chi connectivity index (χ1v) is 12.2. The van der Waals surface area contributed by atoms with Crippen molar-refractivity contribution in [3.63, 3.8) is 0 Å². The zero-order valence-electron chi connectivity index (χ0n) is 19.5. The van der Waals surface area contributed by atoms with E-state index in [1.807, 2.05) is 0 Å². The van der Waals surface area contributed by atoms with E-state index in [2.05, 4.69) is 44.2 Å². The molecule has 0 bridgehead atoms. The Kier molecular flexibility index (Phi) is 12.2. The summed E-state index contributed by atoms with van der Waals surface area (Å²) in [7, 11) is 1.71. The van der Waals surface area contributed by atoms with Gasteiger partial charge in [-0.05, 0) is 47.9 Å². The Morgan fingerprint density at radius 1 is 0.567 bits per heavy atom. The fourth-order valence-corrected chi connectivity index (χ4v) is 3.73. The van der Waals surface area contributed by atoms with Crippen molar-refractivity contribution in [1.82, 2.24) is 0 Å². The second-order valence-corrected chi connectivity index (χ2v) is 8.24. The van der Waals surface area contributed by atoms with Crippen LogP contribution >= 0.6 is 0 Å². The van der Waals surface area contributed by atoms with E-state index in [-0.39, 0.29) is 0 Å². The number of fused-ring (bicyclic) bond motifs is 1. The number of hydrogen-bond acceptors (Lipinski definition) is 3. The molecule has 0 aliphatic rings. The molecule has 0 fully saturated rings. The second kappa shape index (κ2) is 15.0. The second-order valence-electron chi connectivity index (χ2n) is 8.24. The Morgan fingerprint density at radius 3 is 1.77 bits per heavy atom. The lowest BCUT2D eigenvalue weighted by Gasteiger charge is -2.13. The first-order chi connectivity index (χ1) is 14.8. The summed E-state index contributed by atoms with van der Waals surface area (Å²) in [5.74, 6) is 2.56. The van der Waals surface area contributed by atoms with Crippen molar-refractivity contribution in [2.24, 2.45) is 0 Å². The van der Waals surface area contributed by atoms with Gasteiger partial charge in [-0.25, -0.2) is 0 Å². The van der Waals surface area contributed by atoms with Crippen molar-refractivity contribution in [2.75, 3.05) is 20.3 Å². The normalized spacial score (nSPS) is 11.0. The van der Waals surface area contributed by atoms with Crippen LogP contribution in [0.4, 0.5) is 0 Å². The summed E-state index contributed by atoms with van der Waals surface area (Å²) in [5, 5.41) is 2.28. The molecule has 0 aliphatic heterocycles. The highest BCUT2D eigenvalue weighted by Crippen LogP contribution is 2.34. The Morgan fingerprint density at radius 2 is 1.13 bits per heavy atom. The molecule has 0 aliphatic carbocycles. The number of methoxy groups -OCH3 is 1. The topological polar surface area (TPSA) is 27.7 Å². The highest BCUT2D eigenvalue weighted by molar-refractivity contribution is 5.87. The minimum atomic E-state index is 0.743. The lowest BCUT2D eigenvalue weighted by atomic mass is 10.1. The maximum Gasteiger partial charge on any atom is 0.161 e. The SMILES string of the molecule is CCCCCCCCOc1ccc2cc(OCCCCCCCC)c(OC)cc2c1. The summed E-state index contributed by atoms with van der Waals surface area (Å²) in [6.45, 7) is 6.03. The summed E-state index contributed by atoms with van der Waals surface area (Å²) in [4.78, 5) is 0. The van der Waals surface area contributed by atoms with Gasteiger partial charge in [-0.2, -0.15) is 0 Å². The molecule has 0 aromatic heterocycles. The van der Waals surface area contributed by atoms with E-state index >= 15 is 0 Å². The Balaban J connectivity index is 1.83. The maximum atomic E-state index is 6.04. The molecule has 0 amide bonds. The molecule has 2 aromatic carbocycles. The summed E-state index contributed by atoms with van der Waals surface area (Å²) in [5.41, 5.74) is 0. The molecule has 0 saturated heterocycles. The van der Waals surface area contributed by atoms with Crippen molar-refractivity contribution in [3.05, 3.63) is 30.3 Å². The van der Waals surface area contributed by atoms with E-state index in [9.17, 15) is 0 Å². The van der Waals surface area contributed by atoms with Crippen LogP contribution in [0, 0.1) is 0 Å². The first-order valence-electron chi connectivity index (χ1n) is 12.2. The van der Waals surface area contributed by atoms with Crippen LogP contribution in [0.5, 0.6) is 17.2 Å². The van der Waals surface area contributed by atoms with Gasteiger partial charge >= 0.3 is 0 Å². The highest BCUT2D eigenvalue weighted by atomic mass is 16.5. The molecule has 0 heterocycles. The van der Waals surface area contributed by atoms with Gasteiger partial charge in [0.25, 0.3) is 0 Å². The number of unbranched alkanes of at least 4 members (excludes halogenated alkanes) is 10. The highest BCUT2D eigenvalue weighted by Gasteiger charge is 2.08. The van der Waals surface area contributed by atoms with Crippen LogP contribution in [-0.2, 0) is 0 Å². The molecule has 168 valence electrons. The Hall–Kier alpha value is -1.90. The van der Waals surface area contributed by atoms with Gasteiger partial charge in [-0.15, -0.1) is 0 Å². The molecule has 0 radical (unpaired) electrons. The van der Waals surface area contributed by atoms with Crippen LogP contribution in [0.3, 0.4) is 0 Å². The average molecular weight is 415 g/mol. The fraction of sp³-hybridized carbons (Fsp3) is 0.630. The van der Waals surface area contributed by atoms with Crippen molar-refractivity contribution in [3.8, 4) is 17.2 Å². The molecule has 3 heteroatoms. The molecule has 0 saturated carbocycles. The minimum absolute atomic E-state index is 0.743. The van der Waals surface area contributed by atoms with E-state index in [0.29, 0.717) is 0 Å². The molecule has 0 N–H and O–H groups in total. The van der Waals surface area contributed by atoms with Crippen molar-refractivity contribution >= 4 is 10.8 Å². The molecule has 2 aromatic rings. The summed E-state index contributed by atoms with van der Waals surface area (Å²) in [6, 6.07) is 10.4. The smallest absolute Gasteiger partial charge is 0.161 e. The predicted octanol–water partition coefficient (Wildman–Crippen LogP) is 8.33. The third-order valence-electron chi connectivity index (χ3n) is 5.62.